The normalized spacial score (nSPS) is 18.4. The molecule has 1 saturated heterocycles. The fraction of sp³-hybridized carbons (Fsp3) is 0.769. The topological polar surface area (TPSA) is 24.3 Å². The molecule has 1 aromatic heterocycles. The summed E-state index contributed by atoms with van der Waals surface area (Å²) in [6.07, 6.45) is 0. The molecule has 5 heteroatoms. The van der Waals surface area contributed by atoms with Gasteiger partial charge in [0, 0.05) is 39.3 Å². The summed E-state index contributed by atoms with van der Waals surface area (Å²) in [6.45, 7) is 14.3. The van der Waals surface area contributed by atoms with Gasteiger partial charge >= 0.3 is 0 Å². The number of nitrogens with zero attached hydrogens (tertiary/aromatic N) is 4. The van der Waals surface area contributed by atoms with E-state index < -0.39 is 0 Å². The Morgan fingerprint density at radius 2 is 1.67 bits per heavy atom. The van der Waals surface area contributed by atoms with Crippen molar-refractivity contribution < 1.29 is 0 Å². The van der Waals surface area contributed by atoms with Crippen LogP contribution >= 0.6 is 15.9 Å². The van der Waals surface area contributed by atoms with E-state index in [2.05, 4.69) is 56.3 Å². The lowest BCUT2D eigenvalue weighted by molar-refractivity contribution is 0.129. The van der Waals surface area contributed by atoms with E-state index >= 15 is 0 Å². The van der Waals surface area contributed by atoms with Crippen LogP contribution < -0.4 is 0 Å². The first-order valence-corrected chi connectivity index (χ1v) is 7.61. The number of piperazine rings is 1. The summed E-state index contributed by atoms with van der Waals surface area (Å²) >= 11 is 3.67. The van der Waals surface area contributed by atoms with E-state index in [1.54, 1.807) is 0 Å². The van der Waals surface area contributed by atoms with E-state index in [4.69, 9.17) is 0 Å². The van der Waals surface area contributed by atoms with E-state index in [0.717, 1.165) is 31.9 Å². The first kappa shape index (κ1) is 14.0. The smallest absolute Gasteiger partial charge is 0.0739 e. The third-order valence-electron chi connectivity index (χ3n) is 3.74. The van der Waals surface area contributed by atoms with Crippen LogP contribution in [-0.4, -0.2) is 52.3 Å². The van der Waals surface area contributed by atoms with Crippen molar-refractivity contribution in [2.45, 2.75) is 33.9 Å². The Labute approximate surface area is 118 Å². The van der Waals surface area contributed by atoms with Gasteiger partial charge in [-0.1, -0.05) is 6.92 Å². The zero-order valence-corrected chi connectivity index (χ0v) is 13.2. The van der Waals surface area contributed by atoms with Gasteiger partial charge in [-0.2, -0.15) is 5.10 Å². The minimum atomic E-state index is 0.941. The van der Waals surface area contributed by atoms with E-state index in [-0.39, 0.29) is 0 Å². The number of aromatic nitrogens is 2. The maximum absolute atomic E-state index is 4.56. The lowest BCUT2D eigenvalue weighted by Gasteiger charge is -2.34. The third-order valence-corrected chi connectivity index (χ3v) is 4.77. The highest BCUT2D eigenvalue weighted by Gasteiger charge is 2.19. The second-order valence-electron chi connectivity index (χ2n) is 4.87. The van der Waals surface area contributed by atoms with Gasteiger partial charge in [-0.3, -0.25) is 9.58 Å². The van der Waals surface area contributed by atoms with Crippen molar-refractivity contribution in [3.63, 3.8) is 0 Å². The lowest BCUT2D eigenvalue weighted by atomic mass is 10.2. The van der Waals surface area contributed by atoms with E-state index in [0.29, 0.717) is 0 Å². The predicted molar refractivity (Wildman–Crippen MR) is 77.7 cm³/mol. The Bertz CT molecular complexity index is 394. The van der Waals surface area contributed by atoms with Gasteiger partial charge in [0.1, 0.15) is 0 Å². The standard InChI is InChI=1S/C13H23BrN4/c1-4-16-6-8-17(9-7-16)10-12-13(14)11(3)15-18(12)5-2/h4-10H2,1-3H3. The van der Waals surface area contributed by atoms with Gasteiger partial charge < -0.3 is 4.90 Å². The SMILES string of the molecule is CCN1CCN(Cc2c(Br)c(C)nn2CC)CC1. The van der Waals surface area contributed by atoms with E-state index in [1.165, 1.54) is 29.8 Å². The summed E-state index contributed by atoms with van der Waals surface area (Å²) in [4.78, 5) is 5.04. The summed E-state index contributed by atoms with van der Waals surface area (Å²) in [5.74, 6) is 0. The maximum atomic E-state index is 4.56. The average molecular weight is 315 g/mol. The van der Waals surface area contributed by atoms with Gasteiger partial charge in [0.2, 0.25) is 0 Å². The Hall–Kier alpha value is -0.390. The zero-order chi connectivity index (χ0) is 13.1. The van der Waals surface area contributed by atoms with Crippen molar-refractivity contribution >= 4 is 15.9 Å². The minimum Gasteiger partial charge on any atom is -0.301 e. The molecule has 2 heterocycles. The lowest BCUT2D eigenvalue weighted by Crippen LogP contribution is -2.45. The summed E-state index contributed by atoms with van der Waals surface area (Å²) in [7, 11) is 0. The first-order chi connectivity index (χ1) is 8.65. The average Bonchev–Trinajstić information content (AvgIpc) is 2.67. The van der Waals surface area contributed by atoms with Crippen LogP contribution in [0, 0.1) is 6.92 Å². The molecule has 2 rings (SSSR count). The molecular formula is C13H23BrN4. The molecule has 18 heavy (non-hydrogen) atoms. The highest BCUT2D eigenvalue weighted by Crippen LogP contribution is 2.22. The Morgan fingerprint density at radius 3 is 2.22 bits per heavy atom. The molecule has 0 aliphatic carbocycles. The van der Waals surface area contributed by atoms with Gasteiger partial charge in [0.25, 0.3) is 0 Å². The predicted octanol–water partition coefficient (Wildman–Crippen LogP) is 2.11. The number of likely N-dealkylation sites (N-methyl/N-ethyl adjacent to an activating group) is 1. The summed E-state index contributed by atoms with van der Waals surface area (Å²) in [6, 6.07) is 0. The van der Waals surface area contributed by atoms with Crippen molar-refractivity contribution in [1.82, 2.24) is 19.6 Å². The summed E-state index contributed by atoms with van der Waals surface area (Å²) in [5, 5.41) is 4.56. The molecule has 102 valence electrons. The Balaban J connectivity index is 2.02. The summed E-state index contributed by atoms with van der Waals surface area (Å²) in [5.41, 5.74) is 2.42. The number of aryl methyl sites for hydroxylation is 2. The van der Waals surface area contributed by atoms with Crippen molar-refractivity contribution in [1.29, 1.82) is 0 Å². The quantitative estimate of drug-likeness (QED) is 0.850. The molecule has 1 aliphatic rings. The molecule has 1 aromatic rings. The van der Waals surface area contributed by atoms with E-state index in [1.807, 2.05) is 0 Å². The number of rotatable bonds is 4. The van der Waals surface area contributed by atoms with Crippen LogP contribution in [-0.2, 0) is 13.1 Å². The molecule has 1 aliphatic heterocycles. The largest absolute Gasteiger partial charge is 0.301 e. The van der Waals surface area contributed by atoms with Crippen LogP contribution in [0.4, 0.5) is 0 Å². The summed E-state index contributed by atoms with van der Waals surface area (Å²) < 4.78 is 3.30. The Morgan fingerprint density at radius 1 is 1.06 bits per heavy atom. The monoisotopic (exact) mass is 314 g/mol. The van der Waals surface area contributed by atoms with E-state index in [9.17, 15) is 0 Å². The minimum absolute atomic E-state index is 0.941. The van der Waals surface area contributed by atoms with Crippen molar-refractivity contribution in [2.75, 3.05) is 32.7 Å². The van der Waals surface area contributed by atoms with Crippen LogP contribution in [0.1, 0.15) is 25.2 Å². The molecule has 0 atom stereocenters. The molecule has 0 amide bonds. The molecule has 0 N–H and O–H groups in total. The van der Waals surface area contributed by atoms with Gasteiger partial charge in [-0.05, 0) is 36.3 Å². The molecule has 4 nitrogen and oxygen atoms in total. The second kappa shape index (κ2) is 6.17. The van der Waals surface area contributed by atoms with Gasteiger partial charge in [-0.15, -0.1) is 0 Å². The van der Waals surface area contributed by atoms with Gasteiger partial charge in [0.15, 0.2) is 0 Å². The van der Waals surface area contributed by atoms with Crippen molar-refractivity contribution in [2.24, 2.45) is 0 Å². The van der Waals surface area contributed by atoms with Gasteiger partial charge in [0.05, 0.1) is 15.9 Å². The zero-order valence-electron chi connectivity index (χ0n) is 11.6. The molecule has 0 radical (unpaired) electrons. The number of hydrogen-bond donors (Lipinski definition) is 0. The number of hydrogen-bond acceptors (Lipinski definition) is 3. The molecule has 0 spiro atoms. The molecule has 0 unspecified atom stereocenters. The fourth-order valence-electron chi connectivity index (χ4n) is 2.50. The van der Waals surface area contributed by atoms with Crippen LogP contribution in [0.15, 0.2) is 4.47 Å². The first-order valence-electron chi connectivity index (χ1n) is 6.82. The van der Waals surface area contributed by atoms with Crippen LogP contribution in [0.2, 0.25) is 0 Å². The Kier molecular flexibility index (Phi) is 4.81. The number of halogens is 1. The molecule has 1 fully saturated rings. The van der Waals surface area contributed by atoms with Crippen molar-refractivity contribution in [3.8, 4) is 0 Å². The third kappa shape index (κ3) is 2.95. The highest BCUT2D eigenvalue weighted by molar-refractivity contribution is 9.10. The van der Waals surface area contributed by atoms with Crippen molar-refractivity contribution in [3.05, 3.63) is 15.9 Å². The second-order valence-corrected chi connectivity index (χ2v) is 5.67. The fourth-order valence-corrected chi connectivity index (χ4v) is 2.90. The van der Waals surface area contributed by atoms with Crippen LogP contribution in [0.3, 0.4) is 0 Å². The molecular weight excluding hydrogens is 292 g/mol. The van der Waals surface area contributed by atoms with Gasteiger partial charge in [-0.25, -0.2) is 0 Å². The van der Waals surface area contributed by atoms with Crippen LogP contribution in [0.5, 0.6) is 0 Å². The molecule has 0 aromatic carbocycles. The van der Waals surface area contributed by atoms with Crippen LogP contribution in [0.25, 0.3) is 0 Å². The molecule has 0 saturated carbocycles. The maximum Gasteiger partial charge on any atom is 0.0739 e. The highest BCUT2D eigenvalue weighted by atomic mass is 79.9. The molecule has 0 bridgehead atoms.